The number of anilines is 1. The van der Waals surface area contributed by atoms with E-state index in [9.17, 15) is 9.90 Å². The van der Waals surface area contributed by atoms with Crippen molar-refractivity contribution in [2.75, 3.05) is 31.2 Å². The Morgan fingerprint density at radius 2 is 1.86 bits per heavy atom. The van der Waals surface area contributed by atoms with Gasteiger partial charge in [-0.2, -0.15) is 0 Å². The lowest BCUT2D eigenvalue weighted by Crippen LogP contribution is -2.48. The molecule has 3 aliphatic rings. The predicted octanol–water partition coefficient (Wildman–Crippen LogP) is 6.10. The van der Waals surface area contributed by atoms with Crippen molar-refractivity contribution in [1.29, 1.82) is 0 Å². The van der Waals surface area contributed by atoms with Gasteiger partial charge in [-0.3, -0.25) is 14.7 Å². The summed E-state index contributed by atoms with van der Waals surface area (Å²) in [5, 5.41) is 9.56. The molecule has 0 unspecified atom stereocenters. The molecule has 4 aromatic rings. The number of fused-ring (bicyclic) bond motifs is 1. The van der Waals surface area contributed by atoms with Crippen LogP contribution in [0.4, 0.5) is 10.1 Å². The zero-order valence-electron chi connectivity index (χ0n) is 25.4. The minimum Gasteiger partial charge on any atom is -0.488 e. The molecule has 1 N–H and O–H groups in total. The molecule has 230 valence electrons. The number of hydrogen-bond acceptors (Lipinski definition) is 6. The first-order chi connectivity index (χ1) is 21.5. The number of nitrogens with zero attached hydrogens (tertiary/aromatic N) is 4. The summed E-state index contributed by atoms with van der Waals surface area (Å²) in [5.74, 6) is 0.227. The smallest absolute Gasteiger partial charge is 0.193 e. The first-order valence-electron chi connectivity index (χ1n) is 16.1. The molecular weight excluding hydrogens is 555 g/mol. The van der Waals surface area contributed by atoms with Crippen LogP contribution < -0.4 is 15.1 Å². The van der Waals surface area contributed by atoms with Gasteiger partial charge in [0.1, 0.15) is 6.61 Å². The van der Waals surface area contributed by atoms with Crippen LogP contribution in [0.15, 0.2) is 65.7 Å². The van der Waals surface area contributed by atoms with Crippen molar-refractivity contribution < 1.29 is 14.2 Å². The number of rotatable bonds is 11. The lowest BCUT2D eigenvalue weighted by molar-refractivity contribution is 0.158. The van der Waals surface area contributed by atoms with E-state index in [2.05, 4.69) is 55.7 Å². The molecule has 1 saturated heterocycles. The number of pyridine rings is 2. The normalized spacial score (nSPS) is 18.7. The predicted molar refractivity (Wildman–Crippen MR) is 171 cm³/mol. The first kappa shape index (κ1) is 29.0. The van der Waals surface area contributed by atoms with E-state index in [1.807, 2.05) is 19.3 Å². The summed E-state index contributed by atoms with van der Waals surface area (Å²) in [6.07, 6.45) is 10.6. The summed E-state index contributed by atoms with van der Waals surface area (Å²) in [4.78, 5) is 23.3. The van der Waals surface area contributed by atoms with E-state index in [0.717, 1.165) is 50.4 Å². The highest BCUT2D eigenvalue weighted by Crippen LogP contribution is 2.41. The second-order valence-electron chi connectivity index (χ2n) is 12.8. The highest BCUT2D eigenvalue weighted by Gasteiger charge is 2.30. The summed E-state index contributed by atoms with van der Waals surface area (Å²) in [6, 6.07) is 16.8. The molecule has 1 aliphatic heterocycles. The molecule has 0 spiro atoms. The monoisotopic (exact) mass is 596 g/mol. The molecule has 2 aliphatic carbocycles. The van der Waals surface area contributed by atoms with Gasteiger partial charge >= 0.3 is 0 Å². The number of hydrogen-bond donors (Lipinski definition) is 1. The Labute approximate surface area is 257 Å². The van der Waals surface area contributed by atoms with Crippen LogP contribution in [-0.2, 0) is 13.1 Å². The second-order valence-corrected chi connectivity index (χ2v) is 12.8. The van der Waals surface area contributed by atoms with Crippen molar-refractivity contribution in [2.24, 2.45) is 0 Å². The van der Waals surface area contributed by atoms with Gasteiger partial charge < -0.3 is 19.3 Å². The number of aryl methyl sites for hydroxylation is 1. The van der Waals surface area contributed by atoms with Crippen LogP contribution >= 0.6 is 0 Å². The molecule has 2 aromatic heterocycles. The first-order valence-corrected chi connectivity index (χ1v) is 16.1. The fraction of sp³-hybridized carbons (Fsp3) is 0.444. The zero-order chi connectivity index (χ0) is 30.2. The Kier molecular flexibility index (Phi) is 8.12. The molecule has 1 atom stereocenters. The van der Waals surface area contributed by atoms with Crippen LogP contribution in [0.25, 0.3) is 10.9 Å². The minimum atomic E-state index is -0.581. The van der Waals surface area contributed by atoms with E-state index in [1.165, 1.54) is 35.7 Å². The van der Waals surface area contributed by atoms with Gasteiger partial charge in [0.25, 0.3) is 0 Å². The zero-order valence-corrected chi connectivity index (χ0v) is 25.4. The third-order valence-electron chi connectivity index (χ3n) is 9.39. The molecule has 0 radical (unpaired) electrons. The molecule has 2 aromatic carbocycles. The van der Waals surface area contributed by atoms with Gasteiger partial charge in [0.2, 0.25) is 0 Å². The molecule has 3 heterocycles. The maximum absolute atomic E-state index is 15.1. The summed E-state index contributed by atoms with van der Waals surface area (Å²) >= 11 is 0. The fourth-order valence-electron chi connectivity index (χ4n) is 6.77. The number of ether oxygens (including phenoxy) is 1. The Morgan fingerprint density at radius 1 is 1.05 bits per heavy atom. The molecule has 0 amide bonds. The summed E-state index contributed by atoms with van der Waals surface area (Å²) in [6.45, 7) is 4.89. The SMILES string of the molecule is Cc1cc(CN(Cc2cn(C3CC3)c3cc(OCCO)c(F)cc3c2=O)[C@H]2CCCN(c3ccc(C4CC4)cc3)C2)ccn1. The molecule has 2 saturated carbocycles. The van der Waals surface area contributed by atoms with Crippen molar-refractivity contribution in [2.45, 2.75) is 76.5 Å². The van der Waals surface area contributed by atoms with Crippen LogP contribution in [0.2, 0.25) is 0 Å². The lowest BCUT2D eigenvalue weighted by atomic mass is 10.0. The number of halogens is 1. The molecule has 3 fully saturated rings. The van der Waals surface area contributed by atoms with Crippen LogP contribution in [0.5, 0.6) is 5.75 Å². The van der Waals surface area contributed by atoms with Crippen LogP contribution in [0.3, 0.4) is 0 Å². The summed E-state index contributed by atoms with van der Waals surface area (Å²) in [5.41, 5.74) is 6.08. The number of piperidine rings is 1. The standard InChI is InChI=1S/C36H41FN4O3/c1-24-17-25(12-13-38-24)20-40(31-3-2-14-39(23-31)29-8-6-27(7-9-29)26-4-5-26)21-28-22-41(30-10-11-30)34-19-35(44-16-15-42)33(37)18-32(34)36(28)43/h6-9,12-13,17-19,22,26,30-31,42H,2-5,10-11,14-16,20-21,23H2,1H3/t31-/m0/s1. The van der Waals surface area contributed by atoms with Crippen molar-refractivity contribution >= 4 is 16.6 Å². The van der Waals surface area contributed by atoms with Crippen LogP contribution in [0.1, 0.15) is 72.9 Å². The van der Waals surface area contributed by atoms with E-state index in [0.29, 0.717) is 29.6 Å². The molecule has 44 heavy (non-hydrogen) atoms. The molecule has 0 bridgehead atoms. The van der Waals surface area contributed by atoms with Crippen LogP contribution in [-0.4, -0.2) is 51.9 Å². The largest absolute Gasteiger partial charge is 0.488 e. The van der Waals surface area contributed by atoms with Gasteiger partial charge in [0.15, 0.2) is 17.0 Å². The highest BCUT2D eigenvalue weighted by atomic mass is 19.1. The highest BCUT2D eigenvalue weighted by molar-refractivity contribution is 5.81. The fourth-order valence-corrected chi connectivity index (χ4v) is 6.77. The Morgan fingerprint density at radius 3 is 2.59 bits per heavy atom. The van der Waals surface area contributed by atoms with Crippen LogP contribution in [0, 0.1) is 12.7 Å². The Balaban J connectivity index is 1.22. The number of aromatic nitrogens is 2. The molecule has 7 nitrogen and oxygen atoms in total. The average molecular weight is 597 g/mol. The van der Waals surface area contributed by atoms with Crippen molar-refractivity contribution in [3.63, 3.8) is 0 Å². The van der Waals surface area contributed by atoms with Crippen molar-refractivity contribution in [1.82, 2.24) is 14.5 Å². The van der Waals surface area contributed by atoms with Gasteiger partial charge in [-0.05, 0) is 92.8 Å². The van der Waals surface area contributed by atoms with Crippen molar-refractivity contribution in [3.05, 3.63) is 99.3 Å². The van der Waals surface area contributed by atoms with Crippen molar-refractivity contribution in [3.8, 4) is 5.75 Å². The quantitative estimate of drug-likeness (QED) is 0.226. The van der Waals surface area contributed by atoms with Gasteiger partial charge in [-0.15, -0.1) is 0 Å². The number of aliphatic hydroxyl groups excluding tert-OH is 1. The van der Waals surface area contributed by atoms with Gasteiger partial charge in [0, 0.05) is 79.1 Å². The summed E-state index contributed by atoms with van der Waals surface area (Å²) < 4.78 is 22.7. The third kappa shape index (κ3) is 6.24. The van der Waals surface area contributed by atoms with Gasteiger partial charge in [0.05, 0.1) is 12.1 Å². The number of benzene rings is 2. The maximum Gasteiger partial charge on any atom is 0.193 e. The van der Waals surface area contributed by atoms with E-state index < -0.39 is 5.82 Å². The maximum atomic E-state index is 15.1. The minimum absolute atomic E-state index is 0.000675. The molecular formula is C36H41FN4O3. The second kappa shape index (κ2) is 12.3. The van der Waals surface area contributed by atoms with Gasteiger partial charge in [-0.25, -0.2) is 4.39 Å². The Bertz CT molecular complexity index is 1700. The Hall–Kier alpha value is -3.75. The number of aliphatic hydroxyl groups is 1. The lowest BCUT2D eigenvalue weighted by Gasteiger charge is -2.40. The van der Waals surface area contributed by atoms with Gasteiger partial charge in [-0.1, -0.05) is 12.1 Å². The van der Waals surface area contributed by atoms with E-state index >= 15 is 4.39 Å². The molecule has 8 heteroatoms. The van der Waals surface area contributed by atoms with E-state index in [4.69, 9.17) is 4.74 Å². The summed E-state index contributed by atoms with van der Waals surface area (Å²) in [7, 11) is 0. The topological polar surface area (TPSA) is 70.8 Å². The van der Waals surface area contributed by atoms with E-state index in [-0.39, 0.29) is 36.5 Å². The molecule has 7 rings (SSSR count). The van der Waals surface area contributed by atoms with E-state index in [1.54, 1.807) is 6.07 Å². The average Bonchev–Trinajstić information content (AvgIpc) is 3.96. The third-order valence-corrected chi connectivity index (χ3v) is 9.39.